The maximum Gasteiger partial charge on any atom is 0.122 e. The molecule has 0 aromatic carbocycles. The lowest BCUT2D eigenvalue weighted by molar-refractivity contribution is 0.0577. The molecule has 1 aliphatic rings. The van der Waals surface area contributed by atoms with Crippen molar-refractivity contribution in [3.05, 3.63) is 16.1 Å². The number of ether oxygens (including phenoxy) is 1. The summed E-state index contributed by atoms with van der Waals surface area (Å²) < 4.78 is 5.71. The number of alkyl halides is 1. The molecule has 1 fully saturated rings. The molecule has 1 aliphatic carbocycles. The Bertz CT molecular complexity index is 298. The van der Waals surface area contributed by atoms with Gasteiger partial charge < -0.3 is 4.74 Å². The molecule has 1 unspecified atom stereocenters. The minimum atomic E-state index is 0.123. The van der Waals surface area contributed by atoms with Gasteiger partial charge in [-0.3, -0.25) is 0 Å². The Morgan fingerprint density at radius 2 is 2.50 bits per heavy atom. The van der Waals surface area contributed by atoms with Gasteiger partial charge in [0.2, 0.25) is 0 Å². The summed E-state index contributed by atoms with van der Waals surface area (Å²) in [5.74, 6) is 1.30. The summed E-state index contributed by atoms with van der Waals surface area (Å²) in [7, 11) is 0. The molecule has 1 heterocycles. The number of hydrogen-bond acceptors (Lipinski definition) is 3. The van der Waals surface area contributed by atoms with E-state index in [0.717, 1.165) is 23.2 Å². The van der Waals surface area contributed by atoms with Crippen LogP contribution in [0.2, 0.25) is 0 Å². The first kappa shape index (κ1) is 10.4. The molecule has 0 radical (unpaired) electrons. The second kappa shape index (κ2) is 4.60. The van der Waals surface area contributed by atoms with Crippen LogP contribution in [0.1, 0.15) is 36.6 Å². The van der Waals surface area contributed by atoms with Crippen LogP contribution in [0.3, 0.4) is 0 Å². The van der Waals surface area contributed by atoms with E-state index in [4.69, 9.17) is 16.3 Å². The van der Waals surface area contributed by atoms with Gasteiger partial charge in [-0.15, -0.1) is 22.9 Å². The summed E-state index contributed by atoms with van der Waals surface area (Å²) >= 11 is 7.32. The lowest BCUT2D eigenvalue weighted by Gasteiger charge is -2.09. The maximum absolute atomic E-state index is 5.71. The van der Waals surface area contributed by atoms with Crippen molar-refractivity contribution in [2.75, 3.05) is 6.61 Å². The zero-order valence-electron chi connectivity index (χ0n) is 8.20. The molecule has 2 nitrogen and oxygen atoms in total. The molecule has 0 spiro atoms. The summed E-state index contributed by atoms with van der Waals surface area (Å²) in [6.45, 7) is 2.94. The lowest BCUT2D eigenvalue weighted by atomic mass is 10.4. The van der Waals surface area contributed by atoms with Crippen molar-refractivity contribution in [3.63, 3.8) is 0 Å². The van der Waals surface area contributed by atoms with Crippen LogP contribution in [-0.4, -0.2) is 11.6 Å². The van der Waals surface area contributed by atoms with E-state index in [1.165, 1.54) is 12.8 Å². The van der Waals surface area contributed by atoms with Gasteiger partial charge in [-0.05, 0) is 25.7 Å². The van der Waals surface area contributed by atoms with E-state index in [0.29, 0.717) is 5.88 Å². The SMILES string of the molecule is CC(OCC1CC1)c1nc(CCl)cs1. The van der Waals surface area contributed by atoms with Gasteiger partial charge in [0.1, 0.15) is 11.1 Å². The molecule has 1 aromatic heterocycles. The van der Waals surface area contributed by atoms with Gasteiger partial charge in [0, 0.05) is 5.38 Å². The first-order valence-corrected chi connectivity index (χ1v) is 6.33. The Kier molecular flexibility index (Phi) is 3.42. The molecule has 1 aromatic rings. The standard InChI is InChI=1S/C10H14ClNOS/c1-7(13-5-8-2-3-8)10-12-9(4-11)6-14-10/h6-8H,2-5H2,1H3. The number of halogens is 1. The molecule has 78 valence electrons. The molecule has 0 saturated heterocycles. The van der Waals surface area contributed by atoms with Crippen molar-refractivity contribution in [3.8, 4) is 0 Å². The van der Waals surface area contributed by atoms with Gasteiger partial charge in [0.05, 0.1) is 18.2 Å². The van der Waals surface area contributed by atoms with Crippen LogP contribution in [0, 0.1) is 5.92 Å². The molecule has 0 amide bonds. The highest BCUT2D eigenvalue weighted by molar-refractivity contribution is 7.09. The maximum atomic E-state index is 5.71. The summed E-state index contributed by atoms with van der Waals surface area (Å²) in [6.07, 6.45) is 2.78. The summed E-state index contributed by atoms with van der Waals surface area (Å²) in [5, 5.41) is 3.04. The molecule has 14 heavy (non-hydrogen) atoms. The van der Waals surface area contributed by atoms with Crippen LogP contribution in [0.25, 0.3) is 0 Å². The Morgan fingerprint density at radius 1 is 1.71 bits per heavy atom. The molecular weight excluding hydrogens is 218 g/mol. The first-order valence-electron chi connectivity index (χ1n) is 4.91. The monoisotopic (exact) mass is 231 g/mol. The zero-order chi connectivity index (χ0) is 9.97. The van der Waals surface area contributed by atoms with E-state index in [1.807, 2.05) is 5.38 Å². The Labute approximate surface area is 93.3 Å². The molecule has 0 bridgehead atoms. The first-order chi connectivity index (χ1) is 6.79. The fraction of sp³-hybridized carbons (Fsp3) is 0.700. The van der Waals surface area contributed by atoms with E-state index in [1.54, 1.807) is 11.3 Å². The number of aromatic nitrogens is 1. The van der Waals surface area contributed by atoms with Crippen molar-refractivity contribution in [2.45, 2.75) is 31.7 Å². The van der Waals surface area contributed by atoms with Gasteiger partial charge >= 0.3 is 0 Å². The number of thiazole rings is 1. The predicted octanol–water partition coefficient (Wildman–Crippen LogP) is 3.37. The van der Waals surface area contributed by atoms with Gasteiger partial charge in [-0.2, -0.15) is 0 Å². The van der Waals surface area contributed by atoms with E-state index in [2.05, 4.69) is 11.9 Å². The minimum absolute atomic E-state index is 0.123. The topological polar surface area (TPSA) is 22.1 Å². The number of nitrogens with zero attached hydrogens (tertiary/aromatic N) is 1. The van der Waals surface area contributed by atoms with Gasteiger partial charge in [-0.25, -0.2) is 4.98 Å². The fourth-order valence-corrected chi connectivity index (χ4v) is 2.26. The second-order valence-corrected chi connectivity index (χ2v) is 4.89. The second-order valence-electron chi connectivity index (χ2n) is 3.73. The highest BCUT2D eigenvalue weighted by Crippen LogP contribution is 2.31. The Balaban J connectivity index is 1.85. The smallest absolute Gasteiger partial charge is 0.122 e. The normalized spacial score (nSPS) is 18.4. The van der Waals surface area contributed by atoms with Crippen LogP contribution in [0.15, 0.2) is 5.38 Å². The highest BCUT2D eigenvalue weighted by atomic mass is 35.5. The van der Waals surface area contributed by atoms with Crippen LogP contribution >= 0.6 is 22.9 Å². The summed E-state index contributed by atoms with van der Waals surface area (Å²) in [5.41, 5.74) is 0.952. The van der Waals surface area contributed by atoms with Crippen LogP contribution in [0.4, 0.5) is 0 Å². The zero-order valence-corrected chi connectivity index (χ0v) is 9.77. The van der Waals surface area contributed by atoms with Crippen molar-refractivity contribution >= 4 is 22.9 Å². The van der Waals surface area contributed by atoms with Gasteiger partial charge in [0.15, 0.2) is 0 Å². The molecule has 1 saturated carbocycles. The Hall–Kier alpha value is -0.120. The van der Waals surface area contributed by atoms with Gasteiger partial charge in [-0.1, -0.05) is 0 Å². The van der Waals surface area contributed by atoms with Crippen LogP contribution in [-0.2, 0) is 10.6 Å². The molecular formula is C10H14ClNOS. The molecule has 0 N–H and O–H groups in total. The van der Waals surface area contributed by atoms with E-state index >= 15 is 0 Å². The average molecular weight is 232 g/mol. The number of hydrogen-bond donors (Lipinski definition) is 0. The third-order valence-corrected chi connectivity index (χ3v) is 3.66. The summed E-state index contributed by atoms with van der Waals surface area (Å²) in [6, 6.07) is 0. The summed E-state index contributed by atoms with van der Waals surface area (Å²) in [4.78, 5) is 4.39. The van der Waals surface area contributed by atoms with E-state index in [-0.39, 0.29) is 6.10 Å². The lowest BCUT2D eigenvalue weighted by Crippen LogP contribution is -2.02. The number of rotatable bonds is 5. The van der Waals surface area contributed by atoms with Crippen LogP contribution in [0.5, 0.6) is 0 Å². The van der Waals surface area contributed by atoms with Gasteiger partial charge in [0.25, 0.3) is 0 Å². The van der Waals surface area contributed by atoms with Crippen molar-refractivity contribution in [2.24, 2.45) is 5.92 Å². The third kappa shape index (κ3) is 2.69. The minimum Gasteiger partial charge on any atom is -0.371 e. The van der Waals surface area contributed by atoms with Crippen molar-refractivity contribution < 1.29 is 4.74 Å². The van der Waals surface area contributed by atoms with Crippen LogP contribution < -0.4 is 0 Å². The van der Waals surface area contributed by atoms with E-state index in [9.17, 15) is 0 Å². The van der Waals surface area contributed by atoms with Crippen molar-refractivity contribution in [1.82, 2.24) is 4.98 Å². The average Bonchev–Trinajstić information content (AvgIpc) is 2.90. The quantitative estimate of drug-likeness (QED) is 0.725. The Morgan fingerprint density at radius 3 is 3.07 bits per heavy atom. The molecule has 4 heteroatoms. The molecule has 1 atom stereocenters. The van der Waals surface area contributed by atoms with Crippen molar-refractivity contribution in [1.29, 1.82) is 0 Å². The molecule has 2 rings (SSSR count). The molecule has 0 aliphatic heterocycles. The highest BCUT2D eigenvalue weighted by Gasteiger charge is 2.23. The van der Waals surface area contributed by atoms with E-state index < -0.39 is 0 Å². The third-order valence-electron chi connectivity index (χ3n) is 2.33. The largest absolute Gasteiger partial charge is 0.371 e. The fourth-order valence-electron chi connectivity index (χ4n) is 1.21. The predicted molar refractivity (Wildman–Crippen MR) is 58.8 cm³/mol.